The molecule has 2 aromatic heterocycles. The maximum Gasteiger partial charge on any atom is 0.253 e. The lowest BCUT2D eigenvalue weighted by atomic mass is 9.95. The van der Waals surface area contributed by atoms with Crippen molar-refractivity contribution in [1.29, 1.82) is 0 Å². The van der Waals surface area contributed by atoms with Crippen molar-refractivity contribution in [2.75, 3.05) is 0 Å². The zero-order valence-corrected chi connectivity index (χ0v) is 15.0. The third-order valence-corrected chi connectivity index (χ3v) is 6.48. The Bertz CT molecular complexity index is 661. The molecular weight excluding hydrogens is 326 g/mol. The van der Waals surface area contributed by atoms with E-state index in [1.807, 2.05) is 37.7 Å². The third-order valence-electron chi connectivity index (χ3n) is 4.05. The van der Waals surface area contributed by atoms with E-state index in [1.54, 1.807) is 17.5 Å². The van der Waals surface area contributed by atoms with Gasteiger partial charge in [0.1, 0.15) is 4.34 Å². The molecule has 0 spiro atoms. The Balaban J connectivity index is 1.47. The second-order valence-electron chi connectivity index (χ2n) is 6.01. The van der Waals surface area contributed by atoms with Crippen molar-refractivity contribution in [3.8, 4) is 0 Å². The summed E-state index contributed by atoms with van der Waals surface area (Å²) in [6.07, 6.45) is 5.97. The average Bonchev–Trinajstić information content (AvgIpc) is 2.95. The molecule has 0 radical (unpaired) electrons. The number of pyridine rings is 1. The number of carbonyl (C=O) groups is 1. The van der Waals surface area contributed by atoms with Gasteiger partial charge < -0.3 is 5.32 Å². The predicted molar refractivity (Wildman–Crippen MR) is 95.2 cm³/mol. The lowest BCUT2D eigenvalue weighted by molar-refractivity contribution is 0.0928. The molecule has 122 valence electrons. The molecule has 1 N–H and O–H groups in total. The quantitative estimate of drug-likeness (QED) is 0.908. The van der Waals surface area contributed by atoms with E-state index in [9.17, 15) is 4.79 Å². The molecule has 0 unspecified atom stereocenters. The topological polar surface area (TPSA) is 54.9 Å². The van der Waals surface area contributed by atoms with Gasteiger partial charge in [-0.15, -0.1) is 11.3 Å². The smallest absolute Gasteiger partial charge is 0.253 e. The second-order valence-corrected chi connectivity index (χ2v) is 8.41. The Morgan fingerprint density at radius 2 is 2.00 bits per heavy atom. The molecule has 1 fully saturated rings. The normalized spacial score (nSPS) is 21.1. The van der Waals surface area contributed by atoms with Gasteiger partial charge in [0.2, 0.25) is 0 Å². The number of nitrogens with one attached hydrogen (secondary N) is 1. The molecule has 1 aliphatic carbocycles. The number of aryl methyl sites for hydroxylation is 2. The highest BCUT2D eigenvalue weighted by Crippen LogP contribution is 2.35. The van der Waals surface area contributed by atoms with E-state index in [4.69, 9.17) is 0 Å². The summed E-state index contributed by atoms with van der Waals surface area (Å²) in [5.41, 5.74) is 2.67. The highest BCUT2D eigenvalue weighted by atomic mass is 32.2. The van der Waals surface area contributed by atoms with E-state index in [2.05, 4.69) is 20.7 Å². The zero-order chi connectivity index (χ0) is 16.2. The summed E-state index contributed by atoms with van der Waals surface area (Å²) in [4.78, 5) is 20.9. The van der Waals surface area contributed by atoms with Crippen LogP contribution in [0.3, 0.4) is 0 Å². The zero-order valence-electron chi connectivity index (χ0n) is 13.4. The predicted octanol–water partition coefficient (Wildman–Crippen LogP) is 3.99. The number of aromatic nitrogens is 2. The number of nitrogens with zero attached hydrogens (tertiary/aromatic N) is 2. The fourth-order valence-electron chi connectivity index (χ4n) is 2.72. The van der Waals surface area contributed by atoms with Gasteiger partial charge in [-0.2, -0.15) is 0 Å². The number of thioether (sulfide) groups is 1. The van der Waals surface area contributed by atoms with Crippen LogP contribution in [0.2, 0.25) is 0 Å². The van der Waals surface area contributed by atoms with Crippen LogP contribution < -0.4 is 5.32 Å². The molecule has 2 heterocycles. The summed E-state index contributed by atoms with van der Waals surface area (Å²) >= 11 is 3.62. The lowest BCUT2D eigenvalue weighted by Gasteiger charge is -2.28. The first-order valence-electron chi connectivity index (χ1n) is 7.92. The molecular formula is C17H21N3OS2. The van der Waals surface area contributed by atoms with Crippen LogP contribution in [0.15, 0.2) is 28.0 Å². The molecule has 4 nitrogen and oxygen atoms in total. The monoisotopic (exact) mass is 347 g/mol. The first-order valence-corrected chi connectivity index (χ1v) is 9.68. The molecule has 23 heavy (non-hydrogen) atoms. The Kier molecular flexibility index (Phi) is 5.33. The second kappa shape index (κ2) is 7.45. The van der Waals surface area contributed by atoms with Crippen molar-refractivity contribution in [2.24, 2.45) is 0 Å². The van der Waals surface area contributed by atoms with Crippen LogP contribution in [-0.4, -0.2) is 27.2 Å². The van der Waals surface area contributed by atoms with Gasteiger partial charge in [0, 0.05) is 34.3 Å². The fourth-order valence-corrected chi connectivity index (χ4v) is 5.01. The Hall–Kier alpha value is -1.40. The largest absolute Gasteiger partial charge is 0.349 e. The van der Waals surface area contributed by atoms with E-state index in [1.165, 1.54) is 4.34 Å². The maximum atomic E-state index is 12.2. The SMILES string of the molecule is Cc1ccc(C(=O)NC2CCC(Sc3nc(C)cs3)CC2)cn1. The minimum atomic E-state index is -0.0100. The first kappa shape index (κ1) is 16.5. The lowest BCUT2D eigenvalue weighted by Crippen LogP contribution is -2.38. The molecule has 3 rings (SSSR count). The molecule has 0 atom stereocenters. The summed E-state index contributed by atoms with van der Waals surface area (Å²) in [6.45, 7) is 3.96. The first-order chi connectivity index (χ1) is 11.1. The summed E-state index contributed by atoms with van der Waals surface area (Å²) in [7, 11) is 0. The van der Waals surface area contributed by atoms with Crippen LogP contribution >= 0.6 is 23.1 Å². The van der Waals surface area contributed by atoms with Gasteiger partial charge in [0.05, 0.1) is 5.56 Å². The molecule has 1 aliphatic rings. The number of rotatable bonds is 4. The van der Waals surface area contributed by atoms with E-state index in [0.717, 1.165) is 37.1 Å². The molecule has 1 saturated carbocycles. The molecule has 0 aromatic carbocycles. The van der Waals surface area contributed by atoms with Crippen LogP contribution in [0.1, 0.15) is 47.4 Å². The molecule has 6 heteroatoms. The third kappa shape index (κ3) is 4.54. The van der Waals surface area contributed by atoms with Gasteiger partial charge in [-0.25, -0.2) is 4.98 Å². The van der Waals surface area contributed by atoms with Gasteiger partial charge in [-0.05, 0) is 51.7 Å². The average molecular weight is 348 g/mol. The Morgan fingerprint density at radius 3 is 2.61 bits per heavy atom. The van der Waals surface area contributed by atoms with Crippen LogP contribution in [0.4, 0.5) is 0 Å². The highest BCUT2D eigenvalue weighted by molar-refractivity contribution is 8.01. The molecule has 1 amide bonds. The van der Waals surface area contributed by atoms with Crippen molar-refractivity contribution < 1.29 is 4.79 Å². The number of amides is 1. The molecule has 2 aromatic rings. The summed E-state index contributed by atoms with van der Waals surface area (Å²) < 4.78 is 1.17. The Morgan fingerprint density at radius 1 is 1.22 bits per heavy atom. The molecule has 0 bridgehead atoms. The van der Waals surface area contributed by atoms with Crippen LogP contribution in [0.25, 0.3) is 0 Å². The van der Waals surface area contributed by atoms with Gasteiger partial charge >= 0.3 is 0 Å². The summed E-state index contributed by atoms with van der Waals surface area (Å²) in [5.74, 6) is -0.0100. The number of hydrogen-bond donors (Lipinski definition) is 1. The van der Waals surface area contributed by atoms with Crippen molar-refractivity contribution >= 4 is 29.0 Å². The number of hydrogen-bond acceptors (Lipinski definition) is 5. The maximum absolute atomic E-state index is 12.2. The van der Waals surface area contributed by atoms with Crippen molar-refractivity contribution in [2.45, 2.75) is 55.2 Å². The number of thiazole rings is 1. The van der Waals surface area contributed by atoms with Crippen molar-refractivity contribution in [1.82, 2.24) is 15.3 Å². The van der Waals surface area contributed by atoms with Crippen molar-refractivity contribution in [3.63, 3.8) is 0 Å². The van der Waals surface area contributed by atoms with E-state index in [0.29, 0.717) is 10.8 Å². The standard InChI is InChI=1S/C17H21N3OS2/c1-11-3-4-13(9-18-11)16(21)20-14-5-7-15(8-6-14)23-17-19-12(2)10-22-17/h3-4,9-10,14-15H,5-8H2,1-2H3,(H,20,21). The van der Waals surface area contributed by atoms with Gasteiger partial charge in [0.15, 0.2) is 0 Å². The van der Waals surface area contributed by atoms with Gasteiger partial charge in [-0.1, -0.05) is 11.8 Å². The van der Waals surface area contributed by atoms with Gasteiger partial charge in [-0.3, -0.25) is 9.78 Å². The summed E-state index contributed by atoms with van der Waals surface area (Å²) in [5, 5.41) is 5.86. The van der Waals surface area contributed by atoms with E-state index >= 15 is 0 Å². The minimum Gasteiger partial charge on any atom is -0.349 e. The molecule has 0 saturated heterocycles. The summed E-state index contributed by atoms with van der Waals surface area (Å²) in [6, 6.07) is 3.99. The van der Waals surface area contributed by atoms with Gasteiger partial charge in [0.25, 0.3) is 5.91 Å². The Labute approximate surface area is 145 Å². The van der Waals surface area contributed by atoms with E-state index in [-0.39, 0.29) is 11.9 Å². The highest BCUT2D eigenvalue weighted by Gasteiger charge is 2.24. The fraction of sp³-hybridized carbons (Fsp3) is 0.471. The van der Waals surface area contributed by atoms with Crippen LogP contribution in [-0.2, 0) is 0 Å². The minimum absolute atomic E-state index is 0.0100. The van der Waals surface area contributed by atoms with Crippen LogP contribution in [0.5, 0.6) is 0 Å². The van der Waals surface area contributed by atoms with Crippen molar-refractivity contribution in [3.05, 3.63) is 40.7 Å². The van der Waals surface area contributed by atoms with Crippen LogP contribution in [0, 0.1) is 13.8 Å². The van der Waals surface area contributed by atoms with E-state index < -0.39 is 0 Å². The molecule has 0 aliphatic heterocycles. The number of carbonyl (C=O) groups excluding carboxylic acids is 1.